The van der Waals surface area contributed by atoms with Crippen LogP contribution in [-0.2, 0) is 15.6 Å². The summed E-state index contributed by atoms with van der Waals surface area (Å²) in [4.78, 5) is 13.0. The molecular weight excluding hydrogens is 360 g/mol. The van der Waals surface area contributed by atoms with E-state index < -0.39 is 14.4 Å². The lowest BCUT2D eigenvalue weighted by molar-refractivity contribution is -0.0953. The van der Waals surface area contributed by atoms with Gasteiger partial charge in [0.25, 0.3) is 0 Å². The van der Waals surface area contributed by atoms with Crippen LogP contribution in [0.1, 0.15) is 32.8 Å². The van der Waals surface area contributed by atoms with Gasteiger partial charge in [-0.1, -0.05) is 39.0 Å². The molecule has 2 atom stereocenters. The minimum atomic E-state index is -1.90. The Morgan fingerprint density at radius 3 is 2.52 bits per heavy atom. The molecule has 0 unspecified atom stereocenters. The summed E-state index contributed by atoms with van der Waals surface area (Å²) in [6, 6.07) is 7.77. The van der Waals surface area contributed by atoms with Crippen LogP contribution in [-0.4, -0.2) is 56.3 Å². The number of aryl methyl sites for hydroxylation is 1. The van der Waals surface area contributed by atoms with Crippen molar-refractivity contribution in [1.29, 1.82) is 0 Å². The highest BCUT2D eigenvalue weighted by molar-refractivity contribution is 6.74. The zero-order valence-electron chi connectivity index (χ0n) is 17.2. The number of hydrogen-bond donors (Lipinski definition) is 2. The Balaban J connectivity index is 1.98. The summed E-state index contributed by atoms with van der Waals surface area (Å²) >= 11 is 0. The molecule has 0 aromatic heterocycles. The number of morpholine rings is 1. The Morgan fingerprint density at radius 1 is 1.30 bits per heavy atom. The summed E-state index contributed by atoms with van der Waals surface area (Å²) < 4.78 is 12.5. The van der Waals surface area contributed by atoms with Crippen LogP contribution in [0.3, 0.4) is 0 Å². The molecule has 2 rings (SSSR count). The van der Waals surface area contributed by atoms with E-state index in [2.05, 4.69) is 33.9 Å². The van der Waals surface area contributed by atoms with Gasteiger partial charge in [0.05, 0.1) is 31.9 Å². The zero-order chi connectivity index (χ0) is 20.2. The number of nitrogens with zero attached hydrogens (tertiary/aromatic N) is 1. The average molecular weight is 395 g/mol. The molecule has 1 saturated heterocycles. The van der Waals surface area contributed by atoms with Crippen LogP contribution in [0.25, 0.3) is 0 Å². The number of para-hydroxylation sites is 1. The standard InChI is InChI=1S/C20H34N2O4Si/c1-20(2,3)27(4,5)25-14-17-13-22(19(23)24)12-16(26-17)11-10-15-8-6-7-9-18(15)21/h6-9,16-17H,10-14,21H2,1-5H3,(H,23,24)/t16-,17+/m1/s1. The van der Waals surface area contributed by atoms with Gasteiger partial charge in [-0.3, -0.25) is 0 Å². The molecule has 0 spiro atoms. The van der Waals surface area contributed by atoms with Crippen LogP contribution < -0.4 is 5.73 Å². The molecule has 1 amide bonds. The topological polar surface area (TPSA) is 85.0 Å². The van der Waals surface area contributed by atoms with Crippen molar-refractivity contribution in [2.75, 3.05) is 25.4 Å². The monoisotopic (exact) mass is 394 g/mol. The zero-order valence-corrected chi connectivity index (χ0v) is 18.2. The Morgan fingerprint density at radius 2 is 1.93 bits per heavy atom. The van der Waals surface area contributed by atoms with Crippen LogP contribution in [0.2, 0.25) is 18.1 Å². The molecule has 1 heterocycles. The molecule has 0 radical (unpaired) electrons. The van der Waals surface area contributed by atoms with Crippen LogP contribution >= 0.6 is 0 Å². The summed E-state index contributed by atoms with van der Waals surface area (Å²) in [6.45, 7) is 12.1. The predicted molar refractivity (Wildman–Crippen MR) is 111 cm³/mol. The maximum absolute atomic E-state index is 11.6. The van der Waals surface area contributed by atoms with Gasteiger partial charge in [-0.15, -0.1) is 0 Å². The van der Waals surface area contributed by atoms with E-state index in [1.54, 1.807) is 0 Å². The van der Waals surface area contributed by atoms with E-state index in [4.69, 9.17) is 14.9 Å². The molecule has 1 aromatic carbocycles. The molecule has 1 aromatic rings. The third-order valence-corrected chi connectivity index (χ3v) is 10.2. The van der Waals surface area contributed by atoms with E-state index in [9.17, 15) is 9.90 Å². The summed E-state index contributed by atoms with van der Waals surface area (Å²) in [5.74, 6) is 0. The molecule has 152 valence electrons. The summed E-state index contributed by atoms with van der Waals surface area (Å²) in [5.41, 5.74) is 7.85. The lowest BCUT2D eigenvalue weighted by Crippen LogP contribution is -2.53. The van der Waals surface area contributed by atoms with Crippen molar-refractivity contribution in [2.45, 2.75) is 64.0 Å². The number of carboxylic acid groups (broad SMARTS) is 1. The highest BCUT2D eigenvalue weighted by atomic mass is 28.4. The van der Waals surface area contributed by atoms with Crippen molar-refractivity contribution in [1.82, 2.24) is 4.90 Å². The molecule has 1 aliphatic heterocycles. The number of benzene rings is 1. The first-order valence-electron chi connectivity index (χ1n) is 9.60. The third kappa shape index (κ3) is 5.95. The van der Waals surface area contributed by atoms with Gasteiger partial charge in [0, 0.05) is 5.69 Å². The molecule has 1 fully saturated rings. The van der Waals surface area contributed by atoms with Gasteiger partial charge in [-0.2, -0.15) is 0 Å². The smallest absolute Gasteiger partial charge is 0.407 e. The fourth-order valence-corrected chi connectivity index (χ4v) is 3.96. The lowest BCUT2D eigenvalue weighted by atomic mass is 10.0. The highest BCUT2D eigenvalue weighted by Gasteiger charge is 2.39. The number of ether oxygens (including phenoxy) is 1. The number of nitrogens with two attached hydrogens (primary N) is 1. The van der Waals surface area contributed by atoms with Crippen molar-refractivity contribution < 1.29 is 19.1 Å². The molecule has 3 N–H and O–H groups in total. The van der Waals surface area contributed by atoms with Crippen LogP contribution in [0.15, 0.2) is 24.3 Å². The van der Waals surface area contributed by atoms with Gasteiger partial charge in [-0.05, 0) is 42.6 Å². The van der Waals surface area contributed by atoms with Gasteiger partial charge >= 0.3 is 6.09 Å². The quantitative estimate of drug-likeness (QED) is 0.563. The Labute approximate surface area is 163 Å². The average Bonchev–Trinajstić information content (AvgIpc) is 2.58. The Bertz CT molecular complexity index is 645. The second-order valence-corrected chi connectivity index (χ2v) is 13.7. The minimum Gasteiger partial charge on any atom is -0.465 e. The van der Waals surface area contributed by atoms with Gasteiger partial charge in [-0.25, -0.2) is 4.79 Å². The van der Waals surface area contributed by atoms with E-state index in [0.717, 1.165) is 24.1 Å². The van der Waals surface area contributed by atoms with Crippen LogP contribution in [0.5, 0.6) is 0 Å². The SMILES string of the molecule is CC(C)(C)[Si](C)(C)OC[C@@H]1CN(C(=O)O)C[C@@H](CCc2ccccc2N)O1. The van der Waals surface area contributed by atoms with Crippen molar-refractivity contribution in [3.63, 3.8) is 0 Å². The molecule has 0 aliphatic carbocycles. The van der Waals surface area contributed by atoms with Crippen molar-refractivity contribution >= 4 is 20.1 Å². The lowest BCUT2D eigenvalue weighted by Gasteiger charge is -2.40. The van der Waals surface area contributed by atoms with Gasteiger partial charge in [0.1, 0.15) is 0 Å². The molecule has 6 nitrogen and oxygen atoms in total. The maximum atomic E-state index is 11.6. The second kappa shape index (κ2) is 8.62. The minimum absolute atomic E-state index is 0.110. The largest absolute Gasteiger partial charge is 0.465 e. The Kier molecular flexibility index (Phi) is 6.94. The van der Waals surface area contributed by atoms with Crippen LogP contribution in [0.4, 0.5) is 10.5 Å². The van der Waals surface area contributed by atoms with E-state index in [-0.39, 0.29) is 17.2 Å². The molecule has 0 bridgehead atoms. The van der Waals surface area contributed by atoms with E-state index in [1.807, 2.05) is 24.3 Å². The van der Waals surface area contributed by atoms with Crippen molar-refractivity contribution in [2.24, 2.45) is 0 Å². The maximum Gasteiger partial charge on any atom is 0.407 e. The van der Waals surface area contributed by atoms with E-state index in [1.165, 1.54) is 4.90 Å². The number of carbonyl (C=O) groups is 1. The van der Waals surface area contributed by atoms with Gasteiger partial charge < -0.3 is 24.9 Å². The number of amides is 1. The molecular formula is C20H34N2O4Si. The molecule has 7 heteroatoms. The first-order valence-corrected chi connectivity index (χ1v) is 12.5. The predicted octanol–water partition coefficient (Wildman–Crippen LogP) is 3.97. The Hall–Kier alpha value is -1.57. The van der Waals surface area contributed by atoms with E-state index in [0.29, 0.717) is 19.7 Å². The third-order valence-electron chi connectivity index (χ3n) is 5.73. The number of rotatable bonds is 6. The second-order valence-electron chi connectivity index (χ2n) is 8.88. The number of hydrogen-bond acceptors (Lipinski definition) is 4. The summed E-state index contributed by atoms with van der Waals surface area (Å²) in [7, 11) is -1.90. The highest BCUT2D eigenvalue weighted by Crippen LogP contribution is 2.36. The molecule has 0 saturated carbocycles. The first-order chi connectivity index (χ1) is 12.5. The van der Waals surface area contributed by atoms with Crippen molar-refractivity contribution in [3.05, 3.63) is 29.8 Å². The fraction of sp³-hybridized carbons (Fsp3) is 0.650. The van der Waals surface area contributed by atoms with E-state index >= 15 is 0 Å². The number of nitrogen functional groups attached to an aromatic ring is 1. The van der Waals surface area contributed by atoms with Crippen molar-refractivity contribution in [3.8, 4) is 0 Å². The summed E-state index contributed by atoms with van der Waals surface area (Å²) in [5, 5.41) is 9.59. The molecule has 1 aliphatic rings. The van der Waals surface area contributed by atoms with Crippen LogP contribution in [0, 0.1) is 0 Å². The number of anilines is 1. The normalized spacial score (nSPS) is 21.3. The molecule has 27 heavy (non-hydrogen) atoms. The van der Waals surface area contributed by atoms with Gasteiger partial charge in [0.2, 0.25) is 0 Å². The summed E-state index contributed by atoms with van der Waals surface area (Å²) in [6.07, 6.45) is 0.208. The fourth-order valence-electron chi connectivity index (χ4n) is 2.93. The first kappa shape index (κ1) is 21.7. The van der Waals surface area contributed by atoms with Gasteiger partial charge in [0.15, 0.2) is 8.32 Å².